The van der Waals surface area contributed by atoms with Crippen LogP contribution in [0.4, 0.5) is 0 Å². The number of fused-ring (bicyclic) bond motifs is 1. The van der Waals surface area contributed by atoms with Gasteiger partial charge in [0.2, 0.25) is 0 Å². The minimum atomic E-state index is -0.0820. The molecular formula is C16H17N3O. The number of aromatic amines is 1. The molecule has 0 spiro atoms. The van der Waals surface area contributed by atoms with Gasteiger partial charge in [-0.3, -0.25) is 0 Å². The molecule has 1 aromatic heterocycles. The van der Waals surface area contributed by atoms with Crippen molar-refractivity contribution in [1.82, 2.24) is 9.97 Å². The van der Waals surface area contributed by atoms with Crippen LogP contribution in [-0.4, -0.2) is 17.1 Å². The fraction of sp³-hybridized carbons (Fsp3) is 0.188. The zero-order chi connectivity index (χ0) is 13.9. The van der Waals surface area contributed by atoms with E-state index in [1.807, 2.05) is 48.5 Å². The molecule has 0 radical (unpaired) electrons. The summed E-state index contributed by atoms with van der Waals surface area (Å²) in [5.41, 5.74) is 9.34. The predicted octanol–water partition coefficient (Wildman–Crippen LogP) is 2.81. The van der Waals surface area contributed by atoms with E-state index < -0.39 is 0 Å². The number of benzene rings is 2. The summed E-state index contributed by atoms with van der Waals surface area (Å²) in [4.78, 5) is 7.85. The minimum Gasteiger partial charge on any atom is -0.497 e. The van der Waals surface area contributed by atoms with Crippen molar-refractivity contribution in [1.29, 1.82) is 0 Å². The number of para-hydroxylation sites is 2. The van der Waals surface area contributed by atoms with Gasteiger partial charge in [-0.1, -0.05) is 24.3 Å². The average molecular weight is 267 g/mol. The van der Waals surface area contributed by atoms with Crippen molar-refractivity contribution >= 4 is 11.0 Å². The molecule has 0 saturated carbocycles. The molecule has 0 bridgehead atoms. The molecule has 20 heavy (non-hydrogen) atoms. The molecule has 0 aliphatic rings. The molecule has 1 unspecified atom stereocenters. The van der Waals surface area contributed by atoms with Crippen molar-refractivity contribution in [3.8, 4) is 5.75 Å². The van der Waals surface area contributed by atoms with Crippen LogP contribution in [0, 0.1) is 0 Å². The lowest BCUT2D eigenvalue weighted by molar-refractivity contribution is 0.414. The van der Waals surface area contributed by atoms with Gasteiger partial charge in [0, 0.05) is 12.5 Å². The summed E-state index contributed by atoms with van der Waals surface area (Å²) in [5.74, 6) is 1.75. The minimum absolute atomic E-state index is 0.0820. The Hall–Kier alpha value is -2.33. The second-order valence-corrected chi connectivity index (χ2v) is 4.78. The molecule has 3 rings (SSSR count). The number of imidazole rings is 1. The Kier molecular flexibility index (Phi) is 3.39. The van der Waals surface area contributed by atoms with E-state index in [1.54, 1.807) is 7.11 Å². The number of nitrogens with two attached hydrogens (primary N) is 1. The number of methoxy groups -OCH3 is 1. The molecule has 0 aliphatic carbocycles. The highest BCUT2D eigenvalue weighted by Gasteiger charge is 2.10. The summed E-state index contributed by atoms with van der Waals surface area (Å²) >= 11 is 0. The molecule has 1 atom stereocenters. The van der Waals surface area contributed by atoms with Gasteiger partial charge in [0.1, 0.15) is 11.6 Å². The van der Waals surface area contributed by atoms with Crippen molar-refractivity contribution in [3.63, 3.8) is 0 Å². The highest BCUT2D eigenvalue weighted by atomic mass is 16.5. The van der Waals surface area contributed by atoms with Crippen molar-refractivity contribution in [3.05, 3.63) is 59.9 Å². The Bertz CT molecular complexity index is 670. The third-order valence-electron chi connectivity index (χ3n) is 3.40. The Morgan fingerprint density at radius 3 is 2.60 bits per heavy atom. The number of nitrogens with one attached hydrogen (secondary N) is 1. The Labute approximate surface area is 117 Å². The largest absolute Gasteiger partial charge is 0.497 e. The SMILES string of the molecule is COc1ccc(C(N)Cc2nc3ccccc3[nH]2)cc1. The van der Waals surface area contributed by atoms with Gasteiger partial charge in [-0.05, 0) is 29.8 Å². The number of hydrogen-bond donors (Lipinski definition) is 2. The van der Waals surface area contributed by atoms with Crippen molar-refractivity contribution in [2.75, 3.05) is 7.11 Å². The van der Waals surface area contributed by atoms with E-state index in [0.717, 1.165) is 28.2 Å². The van der Waals surface area contributed by atoms with Crippen LogP contribution in [0.3, 0.4) is 0 Å². The third-order valence-corrected chi connectivity index (χ3v) is 3.40. The van der Waals surface area contributed by atoms with E-state index in [0.29, 0.717) is 6.42 Å². The van der Waals surface area contributed by atoms with Gasteiger partial charge in [0.15, 0.2) is 0 Å². The number of ether oxygens (including phenoxy) is 1. The molecule has 1 heterocycles. The Morgan fingerprint density at radius 1 is 1.15 bits per heavy atom. The molecule has 2 aromatic carbocycles. The first-order chi connectivity index (χ1) is 9.76. The highest BCUT2D eigenvalue weighted by molar-refractivity contribution is 5.74. The van der Waals surface area contributed by atoms with Gasteiger partial charge in [-0.2, -0.15) is 0 Å². The smallest absolute Gasteiger partial charge is 0.118 e. The molecule has 102 valence electrons. The first-order valence-corrected chi connectivity index (χ1v) is 6.59. The topological polar surface area (TPSA) is 63.9 Å². The lowest BCUT2D eigenvalue weighted by Gasteiger charge is -2.10. The molecule has 3 aromatic rings. The van der Waals surface area contributed by atoms with Crippen LogP contribution < -0.4 is 10.5 Å². The van der Waals surface area contributed by atoms with E-state index >= 15 is 0 Å². The fourth-order valence-corrected chi connectivity index (χ4v) is 2.28. The van der Waals surface area contributed by atoms with Crippen LogP contribution in [0.1, 0.15) is 17.4 Å². The molecular weight excluding hydrogens is 250 g/mol. The van der Waals surface area contributed by atoms with E-state index in [9.17, 15) is 0 Å². The van der Waals surface area contributed by atoms with Crippen LogP contribution in [0.5, 0.6) is 5.75 Å². The van der Waals surface area contributed by atoms with Gasteiger partial charge in [-0.15, -0.1) is 0 Å². The second-order valence-electron chi connectivity index (χ2n) is 4.78. The number of rotatable bonds is 4. The fourth-order valence-electron chi connectivity index (χ4n) is 2.28. The van der Waals surface area contributed by atoms with Crippen molar-refractivity contribution < 1.29 is 4.74 Å². The average Bonchev–Trinajstić information content (AvgIpc) is 2.89. The summed E-state index contributed by atoms with van der Waals surface area (Å²) in [6.07, 6.45) is 0.682. The third kappa shape index (κ3) is 2.51. The van der Waals surface area contributed by atoms with E-state index in [4.69, 9.17) is 10.5 Å². The normalized spacial score (nSPS) is 12.5. The van der Waals surface area contributed by atoms with Crippen LogP contribution in [0.15, 0.2) is 48.5 Å². The Balaban J connectivity index is 1.78. The summed E-state index contributed by atoms with van der Waals surface area (Å²) in [5, 5.41) is 0. The highest BCUT2D eigenvalue weighted by Crippen LogP contribution is 2.19. The van der Waals surface area contributed by atoms with Gasteiger partial charge >= 0.3 is 0 Å². The monoisotopic (exact) mass is 267 g/mol. The number of nitrogens with zero attached hydrogens (tertiary/aromatic N) is 1. The lowest BCUT2D eigenvalue weighted by Crippen LogP contribution is -2.14. The molecule has 0 saturated heterocycles. The molecule has 4 heteroatoms. The molecule has 4 nitrogen and oxygen atoms in total. The van der Waals surface area contributed by atoms with Crippen molar-refractivity contribution in [2.45, 2.75) is 12.5 Å². The molecule has 0 amide bonds. The van der Waals surface area contributed by atoms with Crippen LogP contribution in [0.2, 0.25) is 0 Å². The maximum Gasteiger partial charge on any atom is 0.118 e. The zero-order valence-corrected chi connectivity index (χ0v) is 11.3. The quantitative estimate of drug-likeness (QED) is 0.764. The van der Waals surface area contributed by atoms with Gasteiger partial charge in [0.05, 0.1) is 18.1 Å². The second kappa shape index (κ2) is 5.35. The lowest BCUT2D eigenvalue weighted by atomic mass is 10.0. The van der Waals surface area contributed by atoms with Crippen molar-refractivity contribution in [2.24, 2.45) is 5.73 Å². The van der Waals surface area contributed by atoms with Crippen LogP contribution >= 0.6 is 0 Å². The maximum absolute atomic E-state index is 6.24. The number of hydrogen-bond acceptors (Lipinski definition) is 3. The predicted molar refractivity (Wildman–Crippen MR) is 79.7 cm³/mol. The Morgan fingerprint density at radius 2 is 1.90 bits per heavy atom. The summed E-state index contributed by atoms with van der Waals surface area (Å²) < 4.78 is 5.15. The number of aromatic nitrogens is 2. The van der Waals surface area contributed by atoms with Crippen LogP contribution in [-0.2, 0) is 6.42 Å². The van der Waals surface area contributed by atoms with E-state index in [-0.39, 0.29) is 6.04 Å². The summed E-state index contributed by atoms with van der Waals surface area (Å²) in [6.45, 7) is 0. The van der Waals surface area contributed by atoms with E-state index in [1.165, 1.54) is 0 Å². The number of H-pyrrole nitrogens is 1. The standard InChI is InChI=1S/C16H17N3O/c1-20-12-8-6-11(7-9-12)13(17)10-16-18-14-4-2-3-5-15(14)19-16/h2-9,13H,10,17H2,1H3,(H,18,19). The molecule has 0 fully saturated rings. The van der Waals surface area contributed by atoms with Gasteiger partial charge in [-0.25, -0.2) is 4.98 Å². The summed E-state index contributed by atoms with van der Waals surface area (Å²) in [7, 11) is 1.66. The first kappa shape index (κ1) is 12.7. The van der Waals surface area contributed by atoms with Crippen LogP contribution in [0.25, 0.3) is 11.0 Å². The van der Waals surface area contributed by atoms with E-state index in [2.05, 4.69) is 9.97 Å². The maximum atomic E-state index is 6.24. The summed E-state index contributed by atoms with van der Waals surface area (Å²) in [6, 6.07) is 15.7. The van der Waals surface area contributed by atoms with Gasteiger partial charge < -0.3 is 15.5 Å². The molecule has 0 aliphatic heterocycles. The zero-order valence-electron chi connectivity index (χ0n) is 11.3. The first-order valence-electron chi connectivity index (χ1n) is 6.59. The van der Waals surface area contributed by atoms with Gasteiger partial charge in [0.25, 0.3) is 0 Å². The molecule has 3 N–H and O–H groups in total.